The van der Waals surface area contributed by atoms with Crippen LogP contribution in [0.15, 0.2) is 58.9 Å². The van der Waals surface area contributed by atoms with E-state index in [1.54, 1.807) is 23.1 Å². The van der Waals surface area contributed by atoms with Crippen LogP contribution in [0.4, 0.5) is 0 Å². The summed E-state index contributed by atoms with van der Waals surface area (Å²) in [5, 5.41) is 10.7. The number of hydrogen-bond acceptors (Lipinski definition) is 5. The number of nitrogens with zero attached hydrogens (tertiary/aromatic N) is 1. The Balaban J connectivity index is 1.59. The van der Waals surface area contributed by atoms with Gasteiger partial charge in [0.2, 0.25) is 0 Å². The first kappa shape index (κ1) is 25.8. The number of aliphatic carboxylic acids is 1. The van der Waals surface area contributed by atoms with Crippen molar-refractivity contribution < 1.29 is 24.2 Å². The van der Waals surface area contributed by atoms with Crippen molar-refractivity contribution in [1.29, 1.82) is 0 Å². The number of ether oxygens (including phenoxy) is 1. The minimum Gasteiger partial charge on any atom is -0.486 e. The number of carbonyl (C=O) groups is 3. The first-order valence-corrected chi connectivity index (χ1v) is 13.3. The fourth-order valence-corrected chi connectivity index (χ4v) is 6.33. The first-order valence-electron chi connectivity index (χ1n) is 12.1. The number of Topliss-reactive ketones (excluding diaryl/α,β-unsaturated/α-hetero) is 2. The summed E-state index contributed by atoms with van der Waals surface area (Å²) in [7, 11) is 0. The second-order valence-electron chi connectivity index (χ2n) is 9.38. The van der Waals surface area contributed by atoms with Gasteiger partial charge in [-0.1, -0.05) is 53.0 Å². The summed E-state index contributed by atoms with van der Waals surface area (Å²) in [5.41, 5.74) is 3.69. The van der Waals surface area contributed by atoms with Crippen LogP contribution >= 0.6 is 34.8 Å². The third-order valence-corrected chi connectivity index (χ3v) is 7.99. The van der Waals surface area contributed by atoms with Crippen molar-refractivity contribution >= 4 is 52.3 Å². The Morgan fingerprint density at radius 3 is 2.00 bits per heavy atom. The van der Waals surface area contributed by atoms with Crippen molar-refractivity contribution in [1.82, 2.24) is 4.90 Å². The van der Waals surface area contributed by atoms with Gasteiger partial charge in [0.15, 0.2) is 17.3 Å². The van der Waals surface area contributed by atoms with E-state index in [0.717, 1.165) is 5.56 Å². The van der Waals surface area contributed by atoms with E-state index < -0.39 is 11.9 Å². The summed E-state index contributed by atoms with van der Waals surface area (Å²) < 4.78 is 5.91. The van der Waals surface area contributed by atoms with E-state index in [-0.39, 0.29) is 40.5 Å². The summed E-state index contributed by atoms with van der Waals surface area (Å²) in [6, 6.07) is 10.7. The molecule has 2 aromatic carbocycles. The van der Waals surface area contributed by atoms with Gasteiger partial charge in [-0.3, -0.25) is 14.4 Å². The number of benzene rings is 2. The van der Waals surface area contributed by atoms with Crippen LogP contribution in [0.3, 0.4) is 0 Å². The Morgan fingerprint density at radius 1 is 0.892 bits per heavy atom. The number of halogens is 3. The Kier molecular flexibility index (Phi) is 7.35. The summed E-state index contributed by atoms with van der Waals surface area (Å²) in [6.07, 6.45) is 3.08. The monoisotopic (exact) mass is 559 g/mol. The van der Waals surface area contributed by atoms with Crippen molar-refractivity contribution in [2.24, 2.45) is 0 Å². The van der Waals surface area contributed by atoms with Crippen LogP contribution in [-0.4, -0.2) is 34.1 Å². The number of rotatable bonds is 6. The highest BCUT2D eigenvalue weighted by atomic mass is 35.5. The van der Waals surface area contributed by atoms with Gasteiger partial charge >= 0.3 is 5.97 Å². The highest BCUT2D eigenvalue weighted by molar-refractivity contribution is 6.37. The molecule has 0 fully saturated rings. The van der Waals surface area contributed by atoms with Gasteiger partial charge in [0.1, 0.15) is 13.2 Å². The average molecular weight is 561 g/mol. The van der Waals surface area contributed by atoms with Gasteiger partial charge in [-0.2, -0.15) is 0 Å². The van der Waals surface area contributed by atoms with E-state index in [9.17, 15) is 19.5 Å². The summed E-state index contributed by atoms with van der Waals surface area (Å²) in [5.74, 6) is -1.55. The minimum atomic E-state index is -1.01. The van der Waals surface area contributed by atoms with Gasteiger partial charge in [0.05, 0.1) is 10.0 Å². The maximum Gasteiger partial charge on any atom is 0.323 e. The molecule has 0 bridgehead atoms. The highest BCUT2D eigenvalue weighted by Gasteiger charge is 2.44. The van der Waals surface area contributed by atoms with E-state index in [1.807, 2.05) is 18.2 Å². The third kappa shape index (κ3) is 4.90. The molecule has 0 atom stereocenters. The molecule has 1 aliphatic heterocycles. The van der Waals surface area contributed by atoms with Gasteiger partial charge in [-0.05, 0) is 49.4 Å². The Hall–Kier alpha value is -2.80. The SMILES string of the molecule is O=C(O)CN1C2=C(C(=O)CCC2)C(c2cc(Cl)c(OCc3ccccc3Cl)c(Cl)c2)C2=C1CCCC2=O. The molecule has 0 amide bonds. The maximum absolute atomic E-state index is 13.3. The van der Waals surface area contributed by atoms with Gasteiger partial charge < -0.3 is 14.7 Å². The number of carboxylic acid groups (broad SMARTS) is 1. The zero-order valence-electron chi connectivity index (χ0n) is 19.9. The quantitative estimate of drug-likeness (QED) is 0.422. The molecule has 0 saturated carbocycles. The van der Waals surface area contributed by atoms with E-state index in [2.05, 4.69) is 0 Å². The van der Waals surface area contributed by atoms with E-state index in [1.165, 1.54) is 0 Å². The molecular formula is C28H24Cl3NO5. The first-order chi connectivity index (χ1) is 17.8. The summed E-state index contributed by atoms with van der Waals surface area (Å²) >= 11 is 19.5. The molecule has 3 aliphatic rings. The fourth-order valence-electron chi connectivity index (χ4n) is 5.53. The van der Waals surface area contributed by atoms with E-state index >= 15 is 0 Å². The lowest BCUT2D eigenvalue weighted by Crippen LogP contribution is -2.41. The van der Waals surface area contributed by atoms with Crippen LogP contribution in [0, 0.1) is 0 Å². The topological polar surface area (TPSA) is 83.9 Å². The van der Waals surface area contributed by atoms with Crippen LogP contribution in [0.1, 0.15) is 55.6 Å². The molecule has 0 saturated heterocycles. The second kappa shape index (κ2) is 10.5. The molecule has 192 valence electrons. The predicted molar refractivity (Wildman–Crippen MR) is 141 cm³/mol. The molecule has 0 spiro atoms. The van der Waals surface area contributed by atoms with Crippen molar-refractivity contribution in [2.75, 3.05) is 6.54 Å². The van der Waals surface area contributed by atoms with Gasteiger partial charge in [0, 0.05) is 51.9 Å². The van der Waals surface area contributed by atoms with Crippen LogP contribution < -0.4 is 4.74 Å². The Morgan fingerprint density at radius 2 is 1.46 bits per heavy atom. The number of allylic oxidation sites excluding steroid dienone is 4. The van der Waals surface area contributed by atoms with E-state index in [0.29, 0.717) is 71.7 Å². The van der Waals surface area contributed by atoms with Crippen LogP contribution in [0.2, 0.25) is 15.1 Å². The van der Waals surface area contributed by atoms with Gasteiger partial charge in [-0.15, -0.1) is 0 Å². The lowest BCUT2D eigenvalue weighted by Gasteiger charge is -2.43. The summed E-state index contributed by atoms with van der Waals surface area (Å²) in [4.78, 5) is 40.0. The van der Waals surface area contributed by atoms with Crippen LogP contribution in [0.25, 0.3) is 0 Å². The molecule has 2 aliphatic carbocycles. The average Bonchev–Trinajstić information content (AvgIpc) is 2.85. The molecule has 0 unspecified atom stereocenters. The van der Waals surface area contributed by atoms with Crippen molar-refractivity contribution in [3.05, 3.63) is 85.1 Å². The lowest BCUT2D eigenvalue weighted by atomic mass is 9.71. The van der Waals surface area contributed by atoms with E-state index in [4.69, 9.17) is 39.5 Å². The van der Waals surface area contributed by atoms with Crippen molar-refractivity contribution in [3.8, 4) is 5.75 Å². The van der Waals surface area contributed by atoms with Gasteiger partial charge in [-0.25, -0.2) is 0 Å². The number of hydrogen-bond donors (Lipinski definition) is 1. The number of ketones is 2. The molecule has 37 heavy (non-hydrogen) atoms. The smallest absolute Gasteiger partial charge is 0.323 e. The molecule has 1 heterocycles. The van der Waals surface area contributed by atoms with Crippen LogP contribution in [-0.2, 0) is 21.0 Å². The largest absolute Gasteiger partial charge is 0.486 e. The molecule has 6 nitrogen and oxygen atoms in total. The number of carboxylic acids is 1. The molecular weight excluding hydrogens is 537 g/mol. The standard InChI is InChI=1S/C28H24Cl3NO5/c29-17-6-2-1-5-15(17)14-37-28-18(30)11-16(12-19(28)31)25-26-20(7-3-9-22(26)33)32(13-24(35)36)21-8-4-10-23(34)27(21)25/h1-2,5-6,11-12,25H,3-4,7-10,13-14H2,(H,35,36). The second-order valence-corrected chi connectivity index (χ2v) is 10.6. The van der Waals surface area contributed by atoms with Crippen molar-refractivity contribution in [3.63, 3.8) is 0 Å². The molecule has 0 radical (unpaired) electrons. The summed E-state index contributed by atoms with van der Waals surface area (Å²) in [6.45, 7) is -0.130. The molecule has 9 heteroatoms. The maximum atomic E-state index is 13.3. The highest BCUT2D eigenvalue weighted by Crippen LogP contribution is 2.50. The fraction of sp³-hybridized carbons (Fsp3) is 0.321. The Labute approximate surface area is 229 Å². The predicted octanol–water partition coefficient (Wildman–Crippen LogP) is 6.72. The minimum absolute atomic E-state index is 0.0853. The molecule has 1 N–H and O–H groups in total. The van der Waals surface area contributed by atoms with Crippen molar-refractivity contribution in [2.45, 2.75) is 51.0 Å². The lowest BCUT2D eigenvalue weighted by molar-refractivity contribution is -0.138. The van der Waals surface area contributed by atoms with Crippen LogP contribution in [0.5, 0.6) is 5.75 Å². The Bertz CT molecular complexity index is 1310. The zero-order valence-corrected chi connectivity index (χ0v) is 22.1. The third-order valence-electron chi connectivity index (χ3n) is 7.06. The zero-order chi connectivity index (χ0) is 26.3. The molecule has 5 rings (SSSR count). The van der Waals surface area contributed by atoms with Gasteiger partial charge in [0.25, 0.3) is 0 Å². The normalized spacial score (nSPS) is 18.2. The molecule has 0 aromatic heterocycles. The molecule has 2 aromatic rings. The number of carbonyl (C=O) groups excluding carboxylic acids is 2.